The zero-order valence-corrected chi connectivity index (χ0v) is 14.0. The minimum absolute atomic E-state index is 0.0493. The quantitative estimate of drug-likeness (QED) is 0.906. The molecule has 2 rings (SSSR count). The maximum absolute atomic E-state index is 12.3. The first kappa shape index (κ1) is 17.3. The number of nitrogens with zero attached hydrogens (tertiary/aromatic N) is 5. The molecule has 0 aliphatic heterocycles. The molecule has 0 spiro atoms. The Balaban J connectivity index is 2.17. The molecule has 24 heavy (non-hydrogen) atoms. The lowest BCUT2D eigenvalue weighted by molar-refractivity contribution is -0.115. The summed E-state index contributed by atoms with van der Waals surface area (Å²) in [4.78, 5) is 26.2. The van der Waals surface area contributed by atoms with Crippen molar-refractivity contribution >= 4 is 17.4 Å². The van der Waals surface area contributed by atoms with Crippen molar-refractivity contribution in [2.45, 2.75) is 20.8 Å². The number of anilines is 2. The van der Waals surface area contributed by atoms with E-state index >= 15 is 0 Å². The van der Waals surface area contributed by atoms with Crippen LogP contribution < -0.4 is 10.2 Å². The van der Waals surface area contributed by atoms with E-state index in [2.05, 4.69) is 41.0 Å². The van der Waals surface area contributed by atoms with Gasteiger partial charge in [-0.15, -0.1) is 0 Å². The largest absolute Gasteiger partial charge is 0.347 e. The van der Waals surface area contributed by atoms with Crippen molar-refractivity contribution in [3.05, 3.63) is 42.6 Å². The first-order valence-electron chi connectivity index (χ1n) is 7.55. The number of carbonyl (C=O) groups excluding carboxylic acids is 1. The van der Waals surface area contributed by atoms with Gasteiger partial charge in [-0.2, -0.15) is 5.26 Å². The molecule has 0 saturated carbocycles. The van der Waals surface area contributed by atoms with E-state index in [4.69, 9.17) is 5.26 Å². The standard InChI is InChI=1S/C17H20N6O/c1-17(2,3)12-23(15-6-8-20-14(9-18)22-15)11-16(24)21-13-5-4-7-19-10-13/h4-8,10H,11-12H2,1-3H3,(H,21,24). The van der Waals surface area contributed by atoms with E-state index in [1.165, 1.54) is 6.20 Å². The van der Waals surface area contributed by atoms with Gasteiger partial charge in [0.2, 0.25) is 11.7 Å². The van der Waals surface area contributed by atoms with E-state index in [0.717, 1.165) is 0 Å². The lowest BCUT2D eigenvalue weighted by atomic mass is 9.96. The van der Waals surface area contributed by atoms with Gasteiger partial charge >= 0.3 is 0 Å². The Bertz CT molecular complexity index is 733. The third-order valence-corrected chi connectivity index (χ3v) is 3.01. The summed E-state index contributed by atoms with van der Waals surface area (Å²) in [5.74, 6) is 0.459. The lowest BCUT2D eigenvalue weighted by Gasteiger charge is -2.30. The summed E-state index contributed by atoms with van der Waals surface area (Å²) >= 11 is 0. The molecule has 2 heterocycles. The topological polar surface area (TPSA) is 94.8 Å². The number of rotatable bonds is 5. The van der Waals surface area contributed by atoms with Gasteiger partial charge in [-0.1, -0.05) is 20.8 Å². The minimum Gasteiger partial charge on any atom is -0.347 e. The summed E-state index contributed by atoms with van der Waals surface area (Å²) in [5.41, 5.74) is 0.588. The Morgan fingerprint density at radius 2 is 2.12 bits per heavy atom. The van der Waals surface area contributed by atoms with E-state index in [9.17, 15) is 4.79 Å². The molecule has 0 unspecified atom stereocenters. The van der Waals surface area contributed by atoms with Gasteiger partial charge in [0.1, 0.15) is 11.9 Å². The van der Waals surface area contributed by atoms with Crippen LogP contribution in [0.2, 0.25) is 0 Å². The molecule has 0 aliphatic rings. The third kappa shape index (κ3) is 5.32. The van der Waals surface area contributed by atoms with Crippen LogP contribution in [0.3, 0.4) is 0 Å². The van der Waals surface area contributed by atoms with Crippen LogP contribution in [0.1, 0.15) is 26.6 Å². The fourth-order valence-corrected chi connectivity index (χ4v) is 2.18. The Morgan fingerprint density at radius 3 is 2.75 bits per heavy atom. The fourth-order valence-electron chi connectivity index (χ4n) is 2.18. The fraction of sp³-hybridized carbons (Fsp3) is 0.353. The van der Waals surface area contributed by atoms with E-state index in [0.29, 0.717) is 18.1 Å². The number of pyridine rings is 1. The van der Waals surface area contributed by atoms with Crippen LogP contribution in [0.4, 0.5) is 11.5 Å². The van der Waals surface area contributed by atoms with Crippen LogP contribution >= 0.6 is 0 Å². The summed E-state index contributed by atoms with van der Waals surface area (Å²) in [6, 6.07) is 7.15. The molecular weight excluding hydrogens is 304 g/mol. The van der Waals surface area contributed by atoms with Crippen LogP contribution in [0, 0.1) is 16.7 Å². The number of hydrogen-bond donors (Lipinski definition) is 1. The first-order valence-corrected chi connectivity index (χ1v) is 7.55. The van der Waals surface area contributed by atoms with Crippen LogP contribution in [-0.2, 0) is 4.79 Å². The molecule has 7 heteroatoms. The first-order chi connectivity index (χ1) is 11.4. The van der Waals surface area contributed by atoms with Gasteiger partial charge in [-0.25, -0.2) is 9.97 Å². The minimum atomic E-state index is -0.177. The Labute approximate surface area is 141 Å². The second-order valence-corrected chi connectivity index (χ2v) is 6.56. The Kier molecular flexibility index (Phi) is 5.42. The summed E-state index contributed by atoms with van der Waals surface area (Å²) in [7, 11) is 0. The van der Waals surface area contributed by atoms with Crippen molar-refractivity contribution < 1.29 is 4.79 Å². The molecule has 0 radical (unpaired) electrons. The third-order valence-electron chi connectivity index (χ3n) is 3.01. The normalized spacial score (nSPS) is 10.8. The van der Waals surface area contributed by atoms with Gasteiger partial charge in [0, 0.05) is 18.9 Å². The maximum atomic E-state index is 12.3. The van der Waals surface area contributed by atoms with Gasteiger partial charge in [0.15, 0.2) is 0 Å². The molecule has 124 valence electrons. The maximum Gasteiger partial charge on any atom is 0.243 e. The zero-order chi connectivity index (χ0) is 17.6. The van der Waals surface area contributed by atoms with Gasteiger partial charge in [-0.3, -0.25) is 9.78 Å². The Hall–Kier alpha value is -3.01. The molecule has 1 N–H and O–H groups in total. The van der Waals surface area contributed by atoms with Gasteiger partial charge in [0.05, 0.1) is 18.4 Å². The molecule has 0 atom stereocenters. The highest BCUT2D eigenvalue weighted by molar-refractivity contribution is 5.93. The molecule has 0 bridgehead atoms. The number of nitrogens with one attached hydrogen (secondary N) is 1. The highest BCUT2D eigenvalue weighted by Crippen LogP contribution is 2.20. The smallest absolute Gasteiger partial charge is 0.243 e. The molecule has 0 saturated heterocycles. The summed E-state index contributed by atoms with van der Waals surface area (Å²) in [6.07, 6.45) is 4.76. The molecule has 0 aliphatic carbocycles. The second-order valence-electron chi connectivity index (χ2n) is 6.56. The molecule has 0 aromatic carbocycles. The number of carbonyl (C=O) groups is 1. The highest BCUT2D eigenvalue weighted by Gasteiger charge is 2.20. The van der Waals surface area contributed by atoms with E-state index in [1.807, 2.05) is 11.0 Å². The van der Waals surface area contributed by atoms with Crippen molar-refractivity contribution in [3.8, 4) is 6.07 Å². The van der Waals surface area contributed by atoms with Gasteiger partial charge in [0.25, 0.3) is 0 Å². The second kappa shape index (κ2) is 7.51. The molecule has 0 fully saturated rings. The van der Waals surface area contributed by atoms with E-state index < -0.39 is 0 Å². The van der Waals surface area contributed by atoms with Crippen molar-refractivity contribution in [1.29, 1.82) is 5.26 Å². The molecule has 2 aromatic rings. The van der Waals surface area contributed by atoms with Gasteiger partial charge in [-0.05, 0) is 23.6 Å². The van der Waals surface area contributed by atoms with Gasteiger partial charge < -0.3 is 10.2 Å². The zero-order valence-electron chi connectivity index (χ0n) is 14.0. The molecule has 1 amide bonds. The molecule has 2 aromatic heterocycles. The number of nitriles is 1. The van der Waals surface area contributed by atoms with E-state index in [1.54, 1.807) is 30.6 Å². The van der Waals surface area contributed by atoms with Crippen molar-refractivity contribution in [2.75, 3.05) is 23.3 Å². The van der Waals surface area contributed by atoms with Crippen molar-refractivity contribution in [3.63, 3.8) is 0 Å². The van der Waals surface area contributed by atoms with E-state index in [-0.39, 0.29) is 23.7 Å². The van der Waals surface area contributed by atoms with Crippen molar-refractivity contribution in [2.24, 2.45) is 5.41 Å². The summed E-state index contributed by atoms with van der Waals surface area (Å²) < 4.78 is 0. The molecule has 7 nitrogen and oxygen atoms in total. The Morgan fingerprint density at radius 1 is 1.33 bits per heavy atom. The van der Waals surface area contributed by atoms with Crippen LogP contribution in [-0.4, -0.2) is 33.9 Å². The van der Waals surface area contributed by atoms with Crippen LogP contribution in [0.25, 0.3) is 0 Å². The number of amides is 1. The number of aromatic nitrogens is 3. The highest BCUT2D eigenvalue weighted by atomic mass is 16.2. The molecular formula is C17H20N6O. The average Bonchev–Trinajstić information content (AvgIpc) is 2.54. The summed E-state index contributed by atoms with van der Waals surface area (Å²) in [6.45, 7) is 6.95. The SMILES string of the molecule is CC(C)(C)CN(CC(=O)Nc1cccnc1)c1ccnc(C#N)n1. The predicted octanol–water partition coefficient (Wildman–Crippen LogP) is 2.23. The number of hydrogen-bond acceptors (Lipinski definition) is 6. The van der Waals surface area contributed by atoms with Crippen LogP contribution in [0.5, 0.6) is 0 Å². The summed E-state index contributed by atoms with van der Waals surface area (Å²) in [5, 5.41) is 11.8. The predicted molar refractivity (Wildman–Crippen MR) is 91.3 cm³/mol. The monoisotopic (exact) mass is 324 g/mol. The average molecular weight is 324 g/mol. The lowest BCUT2D eigenvalue weighted by Crippen LogP contribution is -2.39. The van der Waals surface area contributed by atoms with Crippen molar-refractivity contribution in [1.82, 2.24) is 15.0 Å². The van der Waals surface area contributed by atoms with Crippen LogP contribution in [0.15, 0.2) is 36.8 Å².